The molecule has 2 saturated heterocycles. The van der Waals surface area contributed by atoms with E-state index in [1.807, 2.05) is 77.9 Å². The summed E-state index contributed by atoms with van der Waals surface area (Å²) in [5, 5.41) is 41.6. The second kappa shape index (κ2) is 40.5. The Bertz CT molecular complexity index is 4240. The molecule has 28 nitrogen and oxygen atoms in total. The van der Waals surface area contributed by atoms with Gasteiger partial charge in [-0.1, -0.05) is 135 Å². The molecule has 0 unspecified atom stereocenters. The molecule has 0 bridgehead atoms. The highest BCUT2D eigenvalue weighted by Gasteiger charge is 2.43. The quantitative estimate of drug-likeness (QED) is 0.0188. The number of nitrogens with one attached hydrogen (secondary N) is 8. The minimum absolute atomic E-state index is 0.0144. The summed E-state index contributed by atoms with van der Waals surface area (Å²) in [6.07, 6.45) is 1.32. The molecule has 0 radical (unpaired) electrons. The first-order valence-electron chi connectivity index (χ1n) is 35.5. The van der Waals surface area contributed by atoms with Crippen molar-refractivity contribution in [1.82, 2.24) is 39.7 Å². The first kappa shape index (κ1) is 87.8. The summed E-state index contributed by atoms with van der Waals surface area (Å²) >= 11 is 24.0. The summed E-state index contributed by atoms with van der Waals surface area (Å²) in [4.78, 5) is 132. The van der Waals surface area contributed by atoms with Crippen molar-refractivity contribution < 1.29 is 75.0 Å². The predicted octanol–water partition coefficient (Wildman–Crippen LogP) is 10.6. The van der Waals surface area contributed by atoms with Crippen LogP contribution in [-0.4, -0.2) is 181 Å². The monoisotopic (exact) mass is 1630 g/mol. The van der Waals surface area contributed by atoms with Gasteiger partial charge in [-0.15, -0.1) is 0 Å². The van der Waals surface area contributed by atoms with E-state index in [2.05, 4.69) is 42.5 Å². The van der Waals surface area contributed by atoms with Crippen molar-refractivity contribution in [3.63, 3.8) is 0 Å². The molecule has 6 aromatic carbocycles. The zero-order chi connectivity index (χ0) is 80.9. The van der Waals surface area contributed by atoms with Crippen LogP contribution >= 0.6 is 46.4 Å². The van der Waals surface area contributed by atoms with Crippen LogP contribution in [0.3, 0.4) is 0 Å². The number of aliphatic carboxylic acids is 2. The van der Waals surface area contributed by atoms with Crippen molar-refractivity contribution in [1.29, 1.82) is 0 Å². The number of hydrogen-bond donors (Lipinski definition) is 10. The number of anilines is 4. The lowest BCUT2D eigenvalue weighted by molar-refractivity contribution is -0.143. The Morgan fingerprint density at radius 2 is 0.809 bits per heavy atom. The number of carbonyl (C=O) groups excluding carboxylic acids is 8. The Hall–Kier alpha value is -9.40. The number of likely N-dealkylation sites (N-methyl/N-ethyl adjacent to an activating group) is 2. The van der Waals surface area contributed by atoms with E-state index in [9.17, 15) is 75.0 Å². The Morgan fingerprint density at radius 1 is 0.482 bits per heavy atom. The second-order valence-corrected chi connectivity index (χ2v) is 33.1. The number of rotatable bonds is 32. The van der Waals surface area contributed by atoms with E-state index >= 15 is 0 Å². The zero-order valence-electron chi connectivity index (χ0n) is 61.9. The molecule has 592 valence electrons. The summed E-state index contributed by atoms with van der Waals surface area (Å²) < 4.78 is 55.6. The molecule has 6 atom stereocenters. The molecule has 2 heterocycles. The Morgan fingerprint density at radius 3 is 1.12 bits per heavy atom. The van der Waals surface area contributed by atoms with Crippen molar-refractivity contribution in [3.8, 4) is 0 Å². The molecule has 10 amide bonds. The van der Waals surface area contributed by atoms with E-state index < -0.39 is 104 Å². The molecule has 110 heavy (non-hydrogen) atoms. The number of para-hydroxylation sites is 2. The third-order valence-corrected chi connectivity index (χ3v) is 22.9. The lowest BCUT2D eigenvalue weighted by Crippen LogP contribution is -2.52. The van der Waals surface area contributed by atoms with E-state index in [4.69, 9.17) is 46.4 Å². The number of carboxylic acids is 2. The molecule has 0 aliphatic carbocycles. The van der Waals surface area contributed by atoms with Gasteiger partial charge in [0.2, 0.25) is 55.5 Å². The largest absolute Gasteiger partial charge is 0.480 e. The van der Waals surface area contributed by atoms with Gasteiger partial charge >= 0.3 is 24.0 Å². The van der Waals surface area contributed by atoms with Gasteiger partial charge in [0.15, 0.2) is 0 Å². The molecular weight excluding hydrogens is 1540 g/mol. The van der Waals surface area contributed by atoms with Gasteiger partial charge in [0.25, 0.3) is 0 Å². The third-order valence-electron chi connectivity index (χ3n) is 18.2. The summed E-state index contributed by atoms with van der Waals surface area (Å²) in [6, 6.07) is 28.2. The normalized spacial score (nSPS) is 15.5. The van der Waals surface area contributed by atoms with Crippen molar-refractivity contribution in [3.05, 3.63) is 176 Å². The lowest BCUT2D eigenvalue weighted by Gasteiger charge is -2.29. The van der Waals surface area contributed by atoms with Crippen LogP contribution < -0.4 is 42.5 Å². The SMILES string of the molecule is Cc1ccccc1NC(=O)Nc1ccc(CC(=O)N(C)[C@@H](CC(C)C)C(=O)NCC[C@H](NC(=O)[C@@H]2CCCN2S(=O)(=O)c2cc(Cl)cc(Cl)c2)C(=O)O)cc1.Cc1ccccc1NC(=O)Nc1ccc(CC(=O)N(C)[C@@H](CC(C)C)C(=O)NCC[C@H](NC(=O)[C@@H]2CCCN2S(=O)(=O)c2cc(Cl)cc(Cl)c2)C(=O)O)cc1. The highest BCUT2D eigenvalue weighted by molar-refractivity contribution is 7.89. The molecule has 0 saturated carbocycles. The van der Waals surface area contributed by atoms with Gasteiger partial charge < -0.3 is 62.5 Å². The maximum absolute atomic E-state index is 13.4. The van der Waals surface area contributed by atoms with Crippen LogP contribution in [0.15, 0.2) is 143 Å². The zero-order valence-corrected chi connectivity index (χ0v) is 66.6. The summed E-state index contributed by atoms with van der Waals surface area (Å²) in [7, 11) is -5.31. The molecule has 2 fully saturated rings. The average molecular weight is 1640 g/mol. The van der Waals surface area contributed by atoms with Gasteiger partial charge in [-0.05, 0) is 172 Å². The smallest absolute Gasteiger partial charge is 0.326 e. The number of amides is 10. The van der Waals surface area contributed by atoms with Gasteiger partial charge in [-0.2, -0.15) is 8.61 Å². The number of carbonyl (C=O) groups is 10. The van der Waals surface area contributed by atoms with Crippen LogP contribution in [0.1, 0.15) is 101 Å². The van der Waals surface area contributed by atoms with Gasteiger partial charge in [0.1, 0.15) is 36.3 Å². The maximum atomic E-state index is 13.4. The molecule has 34 heteroatoms. The van der Waals surface area contributed by atoms with Crippen LogP contribution in [0, 0.1) is 25.7 Å². The van der Waals surface area contributed by atoms with Crippen molar-refractivity contribution in [2.24, 2.45) is 11.8 Å². The average Bonchev–Trinajstić information content (AvgIpc) is 1.67. The molecule has 2 aliphatic heterocycles. The van der Waals surface area contributed by atoms with Crippen molar-refractivity contribution >= 4 is 149 Å². The second-order valence-electron chi connectivity index (χ2n) is 27.6. The highest BCUT2D eigenvalue weighted by atomic mass is 35.5. The van der Waals surface area contributed by atoms with E-state index in [1.54, 1.807) is 60.7 Å². The minimum Gasteiger partial charge on any atom is -0.480 e. The number of benzene rings is 6. The summed E-state index contributed by atoms with van der Waals surface area (Å²) in [5.41, 5.74) is 5.57. The molecule has 0 spiro atoms. The number of carboxylic acid groups (broad SMARTS) is 2. The Labute approximate surface area is 660 Å². The van der Waals surface area contributed by atoms with Gasteiger partial charge in [-0.3, -0.25) is 28.8 Å². The van der Waals surface area contributed by atoms with E-state index in [1.165, 1.54) is 60.3 Å². The molecule has 2 aliphatic rings. The van der Waals surface area contributed by atoms with Crippen molar-refractivity contribution in [2.45, 2.75) is 152 Å². The van der Waals surface area contributed by atoms with E-state index in [0.29, 0.717) is 59.6 Å². The summed E-state index contributed by atoms with van der Waals surface area (Å²) in [6.45, 7) is 11.2. The number of aryl methyl sites for hydroxylation is 2. The topological polar surface area (TPSA) is 389 Å². The minimum atomic E-state index is -4.19. The van der Waals surface area contributed by atoms with Gasteiger partial charge in [0.05, 0.1) is 22.6 Å². The first-order chi connectivity index (χ1) is 51.9. The number of urea groups is 2. The fourth-order valence-electron chi connectivity index (χ4n) is 12.3. The van der Waals surface area contributed by atoms with Crippen molar-refractivity contribution in [2.75, 3.05) is 61.5 Å². The number of hydrogen-bond acceptors (Lipinski definition) is 14. The first-order valence-corrected chi connectivity index (χ1v) is 39.9. The fourth-order valence-corrected chi connectivity index (χ4v) is 17.1. The van der Waals surface area contributed by atoms with E-state index in [0.717, 1.165) is 19.7 Å². The lowest BCUT2D eigenvalue weighted by atomic mass is 10.0. The Kier molecular flexibility index (Phi) is 32.3. The molecule has 10 N–H and O–H groups in total. The van der Waals surface area contributed by atoms with Gasteiger partial charge in [-0.25, -0.2) is 36.0 Å². The number of halogens is 4. The molecule has 8 rings (SSSR count). The van der Waals surface area contributed by atoms with Crippen LogP contribution in [0.4, 0.5) is 32.3 Å². The molecule has 6 aromatic rings. The standard InChI is InChI=1S/2C38H46Cl2N6O8S/c2*1-23(2)18-33(45(4)34(47)19-25-11-13-28(14-12-25)42-38(52)44-30-9-6-5-8-24(30)3)35(48)41-16-15-31(37(50)51)43-36(49)32-10-7-17-46(32)55(53,54)29-21-26(39)20-27(40)22-29/h2*5-6,8-9,11-14,20-23,31-33H,7,10,15-19H2,1-4H3,(H,41,48)(H,43,49)(H,50,51)(H2,42,44,52)/t2*31-,32-,33-/m00/s1. The Balaban J connectivity index is 0.000000306. The van der Waals surface area contributed by atoms with Crippen LogP contribution in [0.2, 0.25) is 20.1 Å². The maximum Gasteiger partial charge on any atom is 0.326 e. The predicted molar refractivity (Wildman–Crippen MR) is 421 cm³/mol. The van der Waals surface area contributed by atoms with Crippen LogP contribution in [0.25, 0.3) is 0 Å². The number of sulfonamides is 2. The summed E-state index contributed by atoms with van der Waals surface area (Å²) in [5.74, 6) is -5.89. The van der Waals surface area contributed by atoms with Crippen LogP contribution in [0.5, 0.6) is 0 Å². The van der Waals surface area contributed by atoms with Crippen LogP contribution in [-0.2, 0) is 71.2 Å². The van der Waals surface area contributed by atoms with Gasteiger partial charge in [0, 0.05) is 83.1 Å². The number of nitrogens with zero attached hydrogens (tertiary/aromatic N) is 4. The molecule has 0 aromatic heterocycles. The van der Waals surface area contributed by atoms with E-state index in [-0.39, 0.29) is 118 Å². The molecular formula is C76H92Cl4N12O16S2. The third kappa shape index (κ3) is 25.3. The fraction of sp³-hybridized carbons (Fsp3) is 0.395. The highest BCUT2D eigenvalue weighted by Crippen LogP contribution is 2.33.